The first-order valence-corrected chi connectivity index (χ1v) is 7.73. The number of esters is 1. The average molecular weight is 282 g/mol. The minimum atomic E-state index is -0.509. The molecule has 0 aromatic heterocycles. The number of ether oxygens (including phenoxy) is 3. The van der Waals surface area contributed by atoms with Crippen LogP contribution in [0, 0.1) is 5.41 Å². The smallest absolute Gasteiger partial charge is 0.330 e. The standard InChI is InChI=1S/C16H26O4/c1-3-4-5-6-8-16(19-12-13-20-16)15(10-11-15)9-7-14(17)18-2/h7,9H,3-6,8,10-13H2,1-2H3/b9-7+. The topological polar surface area (TPSA) is 44.8 Å². The molecule has 0 bridgehead atoms. The number of hydrogen-bond acceptors (Lipinski definition) is 4. The minimum absolute atomic E-state index is 0.121. The van der Waals surface area contributed by atoms with Crippen LogP contribution in [-0.4, -0.2) is 32.1 Å². The van der Waals surface area contributed by atoms with Crippen molar-refractivity contribution in [3.05, 3.63) is 12.2 Å². The summed E-state index contributed by atoms with van der Waals surface area (Å²) in [6.45, 7) is 3.52. The van der Waals surface area contributed by atoms with Gasteiger partial charge in [-0.2, -0.15) is 0 Å². The molecule has 0 atom stereocenters. The summed E-state index contributed by atoms with van der Waals surface area (Å²) in [6.07, 6.45) is 11.2. The van der Waals surface area contributed by atoms with E-state index in [1.807, 2.05) is 6.08 Å². The van der Waals surface area contributed by atoms with E-state index >= 15 is 0 Å². The first-order chi connectivity index (χ1) is 9.68. The van der Waals surface area contributed by atoms with Gasteiger partial charge in [0, 0.05) is 17.9 Å². The molecule has 1 saturated heterocycles. The Bertz CT molecular complexity index is 351. The molecule has 0 unspecified atom stereocenters. The monoisotopic (exact) mass is 282 g/mol. The second-order valence-corrected chi connectivity index (χ2v) is 5.77. The molecule has 4 nitrogen and oxygen atoms in total. The van der Waals surface area contributed by atoms with Crippen LogP contribution in [0.2, 0.25) is 0 Å². The molecule has 0 radical (unpaired) electrons. The van der Waals surface area contributed by atoms with E-state index < -0.39 is 5.79 Å². The zero-order valence-corrected chi connectivity index (χ0v) is 12.7. The van der Waals surface area contributed by atoms with E-state index in [2.05, 4.69) is 11.7 Å². The van der Waals surface area contributed by atoms with Gasteiger partial charge in [-0.15, -0.1) is 0 Å². The maximum Gasteiger partial charge on any atom is 0.330 e. The van der Waals surface area contributed by atoms with Crippen molar-refractivity contribution in [2.24, 2.45) is 5.41 Å². The van der Waals surface area contributed by atoms with Gasteiger partial charge in [0.05, 0.1) is 20.3 Å². The Balaban J connectivity index is 2.00. The highest BCUT2D eigenvalue weighted by molar-refractivity contribution is 5.82. The first-order valence-electron chi connectivity index (χ1n) is 7.73. The van der Waals surface area contributed by atoms with Crippen LogP contribution in [0.1, 0.15) is 51.9 Å². The second kappa shape index (κ2) is 6.72. The number of unbranched alkanes of at least 4 members (excludes halogenated alkanes) is 3. The summed E-state index contributed by atoms with van der Waals surface area (Å²) < 4.78 is 16.7. The van der Waals surface area contributed by atoms with E-state index in [1.165, 1.54) is 32.4 Å². The highest BCUT2D eigenvalue weighted by Crippen LogP contribution is 2.60. The van der Waals surface area contributed by atoms with Crippen molar-refractivity contribution in [2.45, 2.75) is 57.7 Å². The highest BCUT2D eigenvalue weighted by atomic mass is 16.7. The van der Waals surface area contributed by atoms with Gasteiger partial charge in [0.15, 0.2) is 5.79 Å². The Hall–Kier alpha value is -0.870. The van der Waals surface area contributed by atoms with Crippen molar-refractivity contribution in [1.82, 2.24) is 0 Å². The normalized spacial score (nSPS) is 23.1. The predicted octanol–water partition coefficient (Wildman–Crippen LogP) is 3.21. The maximum absolute atomic E-state index is 11.3. The molecular formula is C16H26O4. The largest absolute Gasteiger partial charge is 0.466 e. The van der Waals surface area contributed by atoms with E-state index in [4.69, 9.17) is 9.47 Å². The van der Waals surface area contributed by atoms with E-state index in [9.17, 15) is 4.79 Å². The van der Waals surface area contributed by atoms with E-state index in [0.29, 0.717) is 13.2 Å². The molecule has 1 saturated carbocycles. The molecule has 2 fully saturated rings. The summed E-state index contributed by atoms with van der Waals surface area (Å²) in [5.74, 6) is -0.818. The summed E-state index contributed by atoms with van der Waals surface area (Å²) in [5.41, 5.74) is -0.121. The lowest BCUT2D eigenvalue weighted by molar-refractivity contribution is -0.199. The van der Waals surface area contributed by atoms with Gasteiger partial charge in [0.2, 0.25) is 0 Å². The van der Waals surface area contributed by atoms with Crippen molar-refractivity contribution >= 4 is 5.97 Å². The summed E-state index contributed by atoms with van der Waals surface area (Å²) in [5, 5.41) is 0. The van der Waals surface area contributed by atoms with Crippen LogP contribution >= 0.6 is 0 Å². The average Bonchev–Trinajstić information content (AvgIpc) is 3.12. The van der Waals surface area contributed by atoms with Gasteiger partial charge < -0.3 is 14.2 Å². The Morgan fingerprint density at radius 1 is 1.20 bits per heavy atom. The molecule has 114 valence electrons. The van der Waals surface area contributed by atoms with E-state index in [0.717, 1.165) is 25.7 Å². The number of carbonyl (C=O) groups excluding carboxylic acids is 1. The van der Waals surface area contributed by atoms with Crippen molar-refractivity contribution in [3.8, 4) is 0 Å². The lowest BCUT2D eigenvalue weighted by atomic mass is 9.89. The molecule has 0 aromatic rings. The zero-order valence-electron chi connectivity index (χ0n) is 12.7. The van der Waals surface area contributed by atoms with Gasteiger partial charge in [0.25, 0.3) is 0 Å². The Morgan fingerprint density at radius 2 is 1.90 bits per heavy atom. The summed E-state index contributed by atoms with van der Waals surface area (Å²) in [7, 11) is 1.40. The molecule has 0 spiro atoms. The van der Waals surface area contributed by atoms with Crippen molar-refractivity contribution < 1.29 is 19.0 Å². The molecule has 1 heterocycles. The lowest BCUT2D eigenvalue weighted by Gasteiger charge is -2.34. The zero-order chi connectivity index (χ0) is 14.5. The van der Waals surface area contributed by atoms with Crippen LogP contribution in [0.3, 0.4) is 0 Å². The molecule has 4 heteroatoms. The first kappa shape index (κ1) is 15.5. The molecule has 0 aromatic carbocycles. The van der Waals surface area contributed by atoms with Gasteiger partial charge in [-0.1, -0.05) is 32.3 Å². The van der Waals surface area contributed by atoms with Crippen LogP contribution in [0.4, 0.5) is 0 Å². The fourth-order valence-electron chi connectivity index (χ4n) is 3.02. The summed E-state index contributed by atoms with van der Waals surface area (Å²) in [4.78, 5) is 11.3. The molecule has 0 amide bonds. The van der Waals surface area contributed by atoms with E-state index in [1.54, 1.807) is 0 Å². The summed E-state index contributed by atoms with van der Waals surface area (Å²) >= 11 is 0. The van der Waals surface area contributed by atoms with Crippen LogP contribution in [-0.2, 0) is 19.0 Å². The molecule has 2 rings (SSSR count). The Kier molecular flexibility index (Phi) is 5.22. The highest BCUT2D eigenvalue weighted by Gasteiger charge is 2.61. The van der Waals surface area contributed by atoms with Crippen molar-refractivity contribution in [2.75, 3.05) is 20.3 Å². The molecule has 1 aliphatic heterocycles. The fraction of sp³-hybridized carbons (Fsp3) is 0.812. The van der Waals surface area contributed by atoms with E-state index in [-0.39, 0.29) is 11.4 Å². The summed E-state index contributed by atoms with van der Waals surface area (Å²) in [6, 6.07) is 0. The molecular weight excluding hydrogens is 256 g/mol. The molecule has 1 aliphatic carbocycles. The van der Waals surface area contributed by atoms with Gasteiger partial charge in [-0.05, 0) is 19.3 Å². The fourth-order valence-corrected chi connectivity index (χ4v) is 3.02. The molecule has 2 aliphatic rings. The van der Waals surface area contributed by atoms with Crippen LogP contribution in [0.5, 0.6) is 0 Å². The maximum atomic E-state index is 11.3. The van der Waals surface area contributed by atoms with Crippen LogP contribution in [0.25, 0.3) is 0 Å². The third-order valence-corrected chi connectivity index (χ3v) is 4.40. The van der Waals surface area contributed by atoms with Gasteiger partial charge in [-0.3, -0.25) is 0 Å². The Labute approximate surface area is 121 Å². The molecule has 20 heavy (non-hydrogen) atoms. The quantitative estimate of drug-likeness (QED) is 0.389. The predicted molar refractivity (Wildman–Crippen MR) is 76.2 cm³/mol. The third kappa shape index (κ3) is 3.23. The van der Waals surface area contributed by atoms with Crippen LogP contribution < -0.4 is 0 Å². The number of carbonyl (C=O) groups is 1. The number of rotatable bonds is 8. The third-order valence-electron chi connectivity index (χ3n) is 4.40. The van der Waals surface area contributed by atoms with Gasteiger partial charge in [-0.25, -0.2) is 4.79 Å². The SMILES string of the molecule is CCCCCCC1(C2(/C=C/C(=O)OC)CC2)OCCO1. The Morgan fingerprint density at radius 3 is 2.45 bits per heavy atom. The minimum Gasteiger partial charge on any atom is -0.466 e. The number of methoxy groups -OCH3 is 1. The number of hydrogen-bond donors (Lipinski definition) is 0. The van der Waals surface area contributed by atoms with Crippen molar-refractivity contribution in [1.29, 1.82) is 0 Å². The second-order valence-electron chi connectivity index (χ2n) is 5.77. The van der Waals surface area contributed by atoms with Gasteiger partial charge in [0.1, 0.15) is 0 Å². The molecule has 0 N–H and O–H groups in total. The lowest BCUT2D eigenvalue weighted by Crippen LogP contribution is -2.40. The van der Waals surface area contributed by atoms with Crippen molar-refractivity contribution in [3.63, 3.8) is 0 Å². The van der Waals surface area contributed by atoms with Gasteiger partial charge >= 0.3 is 5.97 Å². The van der Waals surface area contributed by atoms with Crippen LogP contribution in [0.15, 0.2) is 12.2 Å².